The second kappa shape index (κ2) is 6.84. The number of ether oxygens (including phenoxy) is 1. The van der Waals surface area contributed by atoms with Crippen LogP contribution in [-0.4, -0.2) is 69.3 Å². The number of hydrogen-bond acceptors (Lipinski definition) is 5. The molecule has 1 amide bonds. The van der Waals surface area contributed by atoms with E-state index >= 15 is 0 Å². The summed E-state index contributed by atoms with van der Waals surface area (Å²) in [7, 11) is -3.45. The first-order valence-electron chi connectivity index (χ1n) is 7.14. The molecule has 20 heavy (non-hydrogen) atoms. The van der Waals surface area contributed by atoms with Crippen LogP contribution in [0.4, 0.5) is 0 Å². The third-order valence-corrected chi connectivity index (χ3v) is 6.03. The van der Waals surface area contributed by atoms with Crippen molar-refractivity contribution in [2.45, 2.75) is 31.1 Å². The van der Waals surface area contributed by atoms with Crippen molar-refractivity contribution in [1.82, 2.24) is 14.9 Å². The van der Waals surface area contributed by atoms with Gasteiger partial charge in [0.15, 0.2) is 0 Å². The van der Waals surface area contributed by atoms with Gasteiger partial charge in [-0.15, -0.1) is 0 Å². The molecule has 0 radical (unpaired) electrons. The summed E-state index contributed by atoms with van der Waals surface area (Å²) in [6.45, 7) is 4.41. The zero-order valence-corrected chi connectivity index (χ0v) is 12.6. The number of amides is 1. The molecular weight excluding hydrogens is 282 g/mol. The topological polar surface area (TPSA) is 87.7 Å². The number of nitrogens with zero attached hydrogens (tertiary/aromatic N) is 1. The Morgan fingerprint density at radius 3 is 2.95 bits per heavy atom. The molecule has 2 aliphatic rings. The number of rotatable bonds is 5. The monoisotopic (exact) mass is 305 g/mol. The Morgan fingerprint density at radius 1 is 1.50 bits per heavy atom. The molecule has 0 aliphatic carbocycles. The highest BCUT2D eigenvalue weighted by molar-refractivity contribution is 7.89. The number of carbonyl (C=O) groups excluding carboxylic acids is 1. The van der Waals surface area contributed by atoms with Crippen LogP contribution in [0.15, 0.2) is 0 Å². The van der Waals surface area contributed by atoms with E-state index < -0.39 is 21.3 Å². The van der Waals surface area contributed by atoms with Gasteiger partial charge in [-0.05, 0) is 19.4 Å². The van der Waals surface area contributed by atoms with Crippen LogP contribution < -0.4 is 10.6 Å². The molecule has 2 unspecified atom stereocenters. The molecule has 2 aliphatic heterocycles. The van der Waals surface area contributed by atoms with E-state index in [-0.39, 0.29) is 19.1 Å². The molecule has 2 fully saturated rings. The van der Waals surface area contributed by atoms with Gasteiger partial charge in [0.1, 0.15) is 6.04 Å². The largest absolute Gasteiger partial charge is 0.378 e. The molecule has 0 bridgehead atoms. The minimum Gasteiger partial charge on any atom is -0.378 e. The Bertz CT molecular complexity index is 434. The maximum absolute atomic E-state index is 12.6. The van der Waals surface area contributed by atoms with Gasteiger partial charge in [0.25, 0.3) is 0 Å². The molecule has 2 N–H and O–H groups in total. The average molecular weight is 305 g/mol. The number of hydrogen-bond donors (Lipinski definition) is 2. The molecular formula is C12H23N3O4S. The molecule has 0 spiro atoms. The molecule has 0 aromatic carbocycles. The van der Waals surface area contributed by atoms with Gasteiger partial charge in [-0.1, -0.05) is 6.92 Å². The van der Waals surface area contributed by atoms with Gasteiger partial charge in [0.05, 0.1) is 18.5 Å². The van der Waals surface area contributed by atoms with Crippen LogP contribution >= 0.6 is 0 Å². The zero-order chi connectivity index (χ0) is 14.6. The second-order valence-corrected chi connectivity index (χ2v) is 7.32. The number of morpholine rings is 1. The molecule has 2 heterocycles. The van der Waals surface area contributed by atoms with E-state index in [2.05, 4.69) is 10.6 Å². The van der Waals surface area contributed by atoms with E-state index in [1.54, 1.807) is 0 Å². The average Bonchev–Trinajstić information content (AvgIpc) is 2.99. The van der Waals surface area contributed by atoms with Crippen molar-refractivity contribution in [2.24, 2.45) is 0 Å². The van der Waals surface area contributed by atoms with Gasteiger partial charge in [0, 0.05) is 19.6 Å². The lowest BCUT2D eigenvalue weighted by Gasteiger charge is -2.35. The fraction of sp³-hybridized carbons (Fsp3) is 0.917. The molecule has 7 nitrogen and oxygen atoms in total. The van der Waals surface area contributed by atoms with Crippen LogP contribution in [0.1, 0.15) is 19.8 Å². The highest BCUT2D eigenvalue weighted by atomic mass is 32.2. The zero-order valence-electron chi connectivity index (χ0n) is 11.8. The van der Waals surface area contributed by atoms with Crippen LogP contribution in [0.25, 0.3) is 0 Å². The molecule has 0 aromatic rings. The van der Waals surface area contributed by atoms with Crippen molar-refractivity contribution in [1.29, 1.82) is 0 Å². The van der Waals surface area contributed by atoms with E-state index in [1.807, 2.05) is 6.92 Å². The van der Waals surface area contributed by atoms with E-state index in [4.69, 9.17) is 4.74 Å². The van der Waals surface area contributed by atoms with Gasteiger partial charge in [0.2, 0.25) is 15.9 Å². The smallest absolute Gasteiger partial charge is 0.240 e. The van der Waals surface area contributed by atoms with Gasteiger partial charge >= 0.3 is 0 Å². The van der Waals surface area contributed by atoms with Crippen molar-refractivity contribution in [3.8, 4) is 0 Å². The Labute approximate surface area is 120 Å². The number of sulfonamides is 1. The van der Waals surface area contributed by atoms with E-state index in [9.17, 15) is 13.2 Å². The first-order valence-corrected chi connectivity index (χ1v) is 8.64. The third-order valence-electron chi connectivity index (χ3n) is 3.69. The standard InChI is InChI=1S/C12H23N3O4S/c1-2-4-14-12(16)11-9-19-7-6-15(11)20(17,18)10-3-5-13-8-10/h10-11,13H,2-9H2,1H3,(H,14,16). The summed E-state index contributed by atoms with van der Waals surface area (Å²) in [5.41, 5.74) is 0. The summed E-state index contributed by atoms with van der Waals surface area (Å²) in [5, 5.41) is 5.38. The van der Waals surface area contributed by atoms with Crippen LogP contribution in [-0.2, 0) is 19.6 Å². The maximum atomic E-state index is 12.6. The van der Waals surface area contributed by atoms with Gasteiger partial charge in [-0.3, -0.25) is 4.79 Å². The molecule has 2 rings (SSSR count). The Morgan fingerprint density at radius 2 is 2.30 bits per heavy atom. The van der Waals surface area contributed by atoms with Crippen molar-refractivity contribution < 1.29 is 17.9 Å². The minimum absolute atomic E-state index is 0.134. The van der Waals surface area contributed by atoms with Crippen molar-refractivity contribution in [3.63, 3.8) is 0 Å². The van der Waals surface area contributed by atoms with E-state index in [0.717, 1.165) is 6.42 Å². The van der Waals surface area contributed by atoms with Gasteiger partial charge in [-0.25, -0.2) is 8.42 Å². The quantitative estimate of drug-likeness (QED) is 0.673. The third kappa shape index (κ3) is 3.30. The highest BCUT2D eigenvalue weighted by Crippen LogP contribution is 2.20. The Hall–Kier alpha value is -0.700. The molecule has 2 atom stereocenters. The summed E-state index contributed by atoms with van der Waals surface area (Å²) in [5.74, 6) is -0.263. The maximum Gasteiger partial charge on any atom is 0.240 e. The first-order chi connectivity index (χ1) is 9.57. The lowest BCUT2D eigenvalue weighted by Crippen LogP contribution is -2.57. The number of carbonyl (C=O) groups is 1. The van der Waals surface area contributed by atoms with Gasteiger partial charge in [-0.2, -0.15) is 4.31 Å². The van der Waals surface area contributed by atoms with Crippen LogP contribution in [0, 0.1) is 0 Å². The summed E-state index contributed by atoms with van der Waals surface area (Å²) in [6, 6.07) is -0.735. The van der Waals surface area contributed by atoms with Gasteiger partial charge < -0.3 is 15.4 Å². The molecule has 8 heteroatoms. The lowest BCUT2D eigenvalue weighted by atomic mass is 10.2. The summed E-state index contributed by atoms with van der Waals surface area (Å²) >= 11 is 0. The Balaban J connectivity index is 2.11. The van der Waals surface area contributed by atoms with Crippen LogP contribution in [0.3, 0.4) is 0 Å². The summed E-state index contributed by atoms with van der Waals surface area (Å²) < 4.78 is 31.9. The SMILES string of the molecule is CCCNC(=O)C1COCCN1S(=O)(=O)C1CCNC1. The predicted molar refractivity (Wildman–Crippen MR) is 74.8 cm³/mol. The number of nitrogens with one attached hydrogen (secondary N) is 2. The highest BCUT2D eigenvalue weighted by Gasteiger charge is 2.42. The molecule has 0 aromatic heterocycles. The van der Waals surface area contributed by atoms with E-state index in [1.165, 1.54) is 4.31 Å². The summed E-state index contributed by atoms with van der Waals surface area (Å²) in [4.78, 5) is 12.1. The van der Waals surface area contributed by atoms with Crippen molar-refractivity contribution in [2.75, 3.05) is 39.4 Å². The van der Waals surface area contributed by atoms with Crippen molar-refractivity contribution in [3.05, 3.63) is 0 Å². The fourth-order valence-corrected chi connectivity index (χ4v) is 4.51. The summed E-state index contributed by atoms with van der Waals surface area (Å²) in [6.07, 6.45) is 1.42. The molecule has 2 saturated heterocycles. The Kier molecular flexibility index (Phi) is 5.36. The van der Waals surface area contributed by atoms with Crippen molar-refractivity contribution >= 4 is 15.9 Å². The predicted octanol–water partition coefficient (Wildman–Crippen LogP) is -1.09. The lowest BCUT2D eigenvalue weighted by molar-refractivity contribution is -0.129. The fourth-order valence-electron chi connectivity index (χ4n) is 2.54. The second-order valence-electron chi connectivity index (χ2n) is 5.15. The normalized spacial score (nSPS) is 28.4. The molecule has 0 saturated carbocycles. The van der Waals surface area contributed by atoms with Crippen LogP contribution in [0.5, 0.6) is 0 Å². The minimum atomic E-state index is -3.45. The van der Waals surface area contributed by atoms with Crippen LogP contribution in [0.2, 0.25) is 0 Å². The molecule has 116 valence electrons. The van der Waals surface area contributed by atoms with E-state index in [0.29, 0.717) is 32.7 Å². The first kappa shape index (κ1) is 15.7.